The second-order valence-electron chi connectivity index (χ2n) is 12.0. The van der Waals surface area contributed by atoms with Gasteiger partial charge in [0.15, 0.2) is 13.2 Å². The van der Waals surface area contributed by atoms with Crippen molar-refractivity contribution in [1.29, 1.82) is 0 Å². The molecule has 2 atom stereocenters. The standard InChI is InChI=1S/C30H40Br2N2O4/c1-29(2,3)19-11-13-25(21(31)15-19)37-17-27(35)33-23-9-7-8-10-24(23)34-28(36)18-38-26-14-12-20(16-22(26)32)30(4,5)6/h11-16,23-24H,7-10,17-18H2,1-6H3,(H,33,35)(H,34,36). The van der Waals surface area contributed by atoms with Gasteiger partial charge in [-0.3, -0.25) is 9.59 Å². The van der Waals surface area contributed by atoms with Crippen molar-refractivity contribution in [2.24, 2.45) is 0 Å². The first kappa shape index (κ1) is 30.5. The van der Waals surface area contributed by atoms with Crippen molar-refractivity contribution in [3.05, 3.63) is 56.5 Å². The van der Waals surface area contributed by atoms with Crippen LogP contribution in [0.3, 0.4) is 0 Å². The summed E-state index contributed by atoms with van der Waals surface area (Å²) in [4.78, 5) is 25.4. The minimum absolute atomic E-state index is 0.0251. The van der Waals surface area contributed by atoms with Crippen molar-refractivity contribution >= 4 is 43.7 Å². The Bertz CT molecular complexity index is 1050. The van der Waals surface area contributed by atoms with E-state index < -0.39 is 0 Å². The Balaban J connectivity index is 1.51. The smallest absolute Gasteiger partial charge is 0.258 e. The third-order valence-corrected chi connectivity index (χ3v) is 8.01. The van der Waals surface area contributed by atoms with Crippen LogP contribution in [0.25, 0.3) is 0 Å². The lowest BCUT2D eigenvalue weighted by atomic mass is 9.87. The Hall–Kier alpha value is -2.06. The highest BCUT2D eigenvalue weighted by molar-refractivity contribution is 9.10. The maximum absolute atomic E-state index is 12.7. The third kappa shape index (κ3) is 8.73. The van der Waals surface area contributed by atoms with Gasteiger partial charge in [-0.05, 0) is 90.9 Å². The number of hydrogen-bond donors (Lipinski definition) is 2. The van der Waals surface area contributed by atoms with Crippen molar-refractivity contribution in [2.75, 3.05) is 13.2 Å². The molecule has 1 fully saturated rings. The van der Waals surface area contributed by atoms with Gasteiger partial charge in [-0.1, -0.05) is 66.5 Å². The molecule has 1 saturated carbocycles. The fourth-order valence-electron chi connectivity index (χ4n) is 4.43. The normalized spacial score (nSPS) is 18.0. The lowest BCUT2D eigenvalue weighted by molar-refractivity contribution is -0.127. The Morgan fingerprint density at radius 3 is 1.42 bits per heavy atom. The van der Waals surface area contributed by atoms with Gasteiger partial charge in [0, 0.05) is 12.1 Å². The number of carbonyl (C=O) groups excluding carboxylic acids is 2. The van der Waals surface area contributed by atoms with Crippen molar-refractivity contribution in [3.63, 3.8) is 0 Å². The molecule has 1 aliphatic rings. The van der Waals surface area contributed by atoms with Crippen LogP contribution >= 0.6 is 31.9 Å². The maximum atomic E-state index is 12.7. The average molecular weight is 652 g/mol. The molecule has 1 aliphatic carbocycles. The van der Waals surface area contributed by atoms with Crippen molar-refractivity contribution in [2.45, 2.75) is 90.1 Å². The quantitative estimate of drug-likeness (QED) is 0.329. The number of rotatable bonds is 8. The summed E-state index contributed by atoms with van der Waals surface area (Å²) in [7, 11) is 0. The van der Waals surface area contributed by atoms with E-state index in [1.165, 1.54) is 11.1 Å². The Morgan fingerprint density at radius 2 is 1.11 bits per heavy atom. The average Bonchev–Trinajstić information content (AvgIpc) is 2.82. The van der Waals surface area contributed by atoms with Gasteiger partial charge in [0.25, 0.3) is 11.8 Å². The van der Waals surface area contributed by atoms with Crippen molar-refractivity contribution < 1.29 is 19.1 Å². The molecule has 208 valence electrons. The zero-order chi connectivity index (χ0) is 28.1. The number of benzene rings is 2. The van der Waals surface area contributed by atoms with Crippen LogP contribution in [0.5, 0.6) is 11.5 Å². The minimum Gasteiger partial charge on any atom is -0.483 e. The van der Waals surface area contributed by atoms with E-state index in [1.54, 1.807) is 0 Å². The van der Waals surface area contributed by atoms with E-state index in [2.05, 4.69) is 84.0 Å². The first-order valence-electron chi connectivity index (χ1n) is 13.2. The van der Waals surface area contributed by atoms with E-state index in [-0.39, 0.29) is 47.9 Å². The SMILES string of the molecule is CC(C)(C)c1ccc(OCC(=O)NC2CCCCC2NC(=O)COc2ccc(C(C)(C)C)cc2Br)c(Br)c1. The second-order valence-corrected chi connectivity index (χ2v) is 13.7. The molecule has 2 aromatic rings. The third-order valence-electron chi connectivity index (χ3n) is 6.77. The molecule has 38 heavy (non-hydrogen) atoms. The molecule has 0 aliphatic heterocycles. The van der Waals surface area contributed by atoms with Gasteiger partial charge in [-0.2, -0.15) is 0 Å². The molecule has 0 radical (unpaired) electrons. The molecule has 0 spiro atoms. The predicted molar refractivity (Wildman–Crippen MR) is 159 cm³/mol. The van der Waals surface area contributed by atoms with Crippen LogP contribution < -0.4 is 20.1 Å². The van der Waals surface area contributed by atoms with Crippen LogP contribution in [-0.4, -0.2) is 37.1 Å². The Labute approximate surface area is 243 Å². The van der Waals surface area contributed by atoms with Crippen LogP contribution in [0.15, 0.2) is 45.3 Å². The number of hydrogen-bond acceptors (Lipinski definition) is 4. The maximum Gasteiger partial charge on any atom is 0.258 e. The first-order chi connectivity index (χ1) is 17.7. The summed E-state index contributed by atoms with van der Waals surface area (Å²) in [6.45, 7) is 12.7. The number of ether oxygens (including phenoxy) is 2. The molecule has 3 rings (SSSR count). The van der Waals surface area contributed by atoms with E-state index >= 15 is 0 Å². The van der Waals surface area contributed by atoms with E-state index in [1.807, 2.05) is 36.4 Å². The van der Waals surface area contributed by atoms with Crippen LogP contribution in [0.2, 0.25) is 0 Å². The van der Waals surface area contributed by atoms with Gasteiger partial charge in [-0.25, -0.2) is 0 Å². The molecular weight excluding hydrogens is 612 g/mol. The molecule has 2 N–H and O–H groups in total. The van der Waals surface area contributed by atoms with Gasteiger partial charge < -0.3 is 20.1 Å². The van der Waals surface area contributed by atoms with Crippen LogP contribution in [-0.2, 0) is 20.4 Å². The summed E-state index contributed by atoms with van der Waals surface area (Å²) in [6, 6.07) is 11.6. The van der Waals surface area contributed by atoms with Crippen LogP contribution in [0.4, 0.5) is 0 Å². The molecule has 0 aromatic heterocycles. The van der Waals surface area contributed by atoms with Gasteiger partial charge in [0.1, 0.15) is 11.5 Å². The lowest BCUT2D eigenvalue weighted by Crippen LogP contribution is -2.54. The number of nitrogens with one attached hydrogen (secondary N) is 2. The lowest BCUT2D eigenvalue weighted by Gasteiger charge is -2.32. The number of amides is 2. The number of halogens is 2. The summed E-state index contributed by atoms with van der Waals surface area (Å²) < 4.78 is 13.2. The van der Waals surface area contributed by atoms with Crippen molar-refractivity contribution in [3.8, 4) is 11.5 Å². The molecule has 0 bridgehead atoms. The number of carbonyl (C=O) groups is 2. The van der Waals surface area contributed by atoms with Crippen LogP contribution in [0.1, 0.15) is 78.4 Å². The highest BCUT2D eigenvalue weighted by Gasteiger charge is 2.28. The first-order valence-corrected chi connectivity index (χ1v) is 14.8. The second kappa shape index (κ2) is 12.9. The summed E-state index contributed by atoms with van der Waals surface area (Å²) in [5.41, 5.74) is 2.41. The topological polar surface area (TPSA) is 76.7 Å². The predicted octanol–water partition coefficient (Wildman–Crippen LogP) is 6.81. The van der Waals surface area contributed by atoms with E-state index in [9.17, 15) is 9.59 Å². The highest BCUT2D eigenvalue weighted by Crippen LogP contribution is 2.32. The largest absolute Gasteiger partial charge is 0.483 e. The summed E-state index contributed by atoms with van der Waals surface area (Å²) in [6.07, 6.45) is 3.62. The van der Waals surface area contributed by atoms with Gasteiger partial charge >= 0.3 is 0 Å². The summed E-state index contributed by atoms with van der Waals surface area (Å²) in [5.74, 6) is 0.838. The fourth-order valence-corrected chi connectivity index (χ4v) is 5.42. The molecule has 2 aromatic carbocycles. The Morgan fingerprint density at radius 1 is 0.737 bits per heavy atom. The van der Waals surface area contributed by atoms with Crippen molar-refractivity contribution in [1.82, 2.24) is 10.6 Å². The molecular formula is C30H40Br2N2O4. The van der Waals surface area contributed by atoms with Gasteiger partial charge in [-0.15, -0.1) is 0 Å². The molecule has 2 amide bonds. The minimum atomic E-state index is -0.206. The van der Waals surface area contributed by atoms with Gasteiger partial charge in [0.2, 0.25) is 0 Å². The van der Waals surface area contributed by atoms with Crippen LogP contribution in [0, 0.1) is 0 Å². The molecule has 6 nitrogen and oxygen atoms in total. The van der Waals surface area contributed by atoms with E-state index in [4.69, 9.17) is 9.47 Å². The van der Waals surface area contributed by atoms with E-state index in [0.717, 1.165) is 34.6 Å². The van der Waals surface area contributed by atoms with Gasteiger partial charge in [0.05, 0.1) is 8.95 Å². The molecule has 8 heteroatoms. The Kier molecular flexibility index (Phi) is 10.3. The zero-order valence-electron chi connectivity index (χ0n) is 23.3. The molecule has 2 unspecified atom stereocenters. The fraction of sp³-hybridized carbons (Fsp3) is 0.533. The summed E-state index contributed by atoms with van der Waals surface area (Å²) >= 11 is 7.11. The monoisotopic (exact) mass is 650 g/mol. The summed E-state index contributed by atoms with van der Waals surface area (Å²) in [5, 5.41) is 6.12. The highest BCUT2D eigenvalue weighted by atomic mass is 79.9. The molecule has 0 heterocycles. The zero-order valence-corrected chi connectivity index (χ0v) is 26.4. The van der Waals surface area contributed by atoms with E-state index in [0.29, 0.717) is 11.5 Å². The molecule has 0 saturated heterocycles.